The van der Waals surface area contributed by atoms with Crippen molar-refractivity contribution in [3.63, 3.8) is 0 Å². The monoisotopic (exact) mass is 241 g/mol. The Morgan fingerprint density at radius 1 is 1.28 bits per heavy atom. The van der Waals surface area contributed by atoms with Crippen LogP contribution in [0, 0.1) is 30.6 Å². The van der Waals surface area contributed by atoms with Crippen LogP contribution in [0.3, 0.4) is 0 Å². The van der Waals surface area contributed by atoms with Crippen LogP contribution in [0.2, 0.25) is 0 Å². The summed E-state index contributed by atoms with van der Waals surface area (Å²) < 4.78 is 0. The van der Waals surface area contributed by atoms with E-state index in [1.807, 2.05) is 24.3 Å². The summed E-state index contributed by atoms with van der Waals surface area (Å²) in [6.45, 7) is 1.78. The minimum absolute atomic E-state index is 0.222. The molecule has 0 aromatic rings. The quantitative estimate of drug-likeness (QED) is 0.273. The van der Waals surface area contributed by atoms with Crippen molar-refractivity contribution in [2.24, 2.45) is 0 Å². The van der Waals surface area contributed by atoms with Crippen molar-refractivity contribution in [2.45, 2.75) is 45.4 Å². The average molecular weight is 241 g/mol. The molecule has 0 aromatic carbocycles. The number of carbonyl (C=O) groups excluding carboxylic acids is 1. The molecule has 0 amide bonds. The molecule has 0 fully saturated rings. The lowest BCUT2D eigenvalue weighted by Gasteiger charge is -1.89. The smallest absolute Gasteiger partial charge is 0.244 e. The summed E-state index contributed by atoms with van der Waals surface area (Å²) in [6.07, 6.45) is 19.6. The van der Waals surface area contributed by atoms with E-state index < -0.39 is 0 Å². The van der Waals surface area contributed by atoms with Gasteiger partial charge in [-0.25, -0.2) is 4.79 Å². The third-order valence-corrected chi connectivity index (χ3v) is 2.28. The maximum absolute atomic E-state index is 11.0. The second-order valence-corrected chi connectivity index (χ2v) is 3.81. The van der Waals surface area contributed by atoms with Gasteiger partial charge < -0.3 is 0 Å². The van der Waals surface area contributed by atoms with Gasteiger partial charge in [-0.2, -0.15) is 0 Å². The standard InChI is InChI=1S/C17H21O/c1-3-5-6-7-8-9-10-11-12-13-14-15-16-17(18)4-2/h1,4,7-10H,5-6,13-16H2,2H3/q+1/b8-7+,10-9+. The number of carbonyl (C=O) groups is 1. The van der Waals surface area contributed by atoms with Crippen molar-refractivity contribution in [1.29, 1.82) is 0 Å². The first-order valence-corrected chi connectivity index (χ1v) is 6.37. The summed E-state index contributed by atoms with van der Waals surface area (Å²) in [5.41, 5.74) is 0. The van der Waals surface area contributed by atoms with E-state index >= 15 is 0 Å². The fourth-order valence-corrected chi connectivity index (χ4v) is 1.23. The molecule has 18 heavy (non-hydrogen) atoms. The van der Waals surface area contributed by atoms with Crippen LogP contribution >= 0.6 is 0 Å². The summed E-state index contributed by atoms with van der Waals surface area (Å²) in [5.74, 6) is 8.82. The normalized spacial score (nSPS) is 10.0. The van der Waals surface area contributed by atoms with Gasteiger partial charge in [-0.3, -0.25) is 0 Å². The van der Waals surface area contributed by atoms with Crippen LogP contribution in [0.4, 0.5) is 0 Å². The molecule has 0 aliphatic heterocycles. The Labute approximate surface area is 111 Å². The van der Waals surface area contributed by atoms with Crippen LogP contribution in [0.25, 0.3) is 0 Å². The largest absolute Gasteiger partial charge is 0.305 e. The van der Waals surface area contributed by atoms with Gasteiger partial charge in [0.15, 0.2) is 0 Å². The Bertz CT molecular complexity index is 369. The van der Waals surface area contributed by atoms with E-state index in [2.05, 4.69) is 17.8 Å². The van der Waals surface area contributed by atoms with E-state index in [4.69, 9.17) is 6.42 Å². The van der Waals surface area contributed by atoms with Crippen LogP contribution in [0.15, 0.2) is 24.3 Å². The summed E-state index contributed by atoms with van der Waals surface area (Å²) in [6, 6.07) is 0. The number of hydrogen-bond donors (Lipinski definition) is 0. The van der Waals surface area contributed by atoms with Crippen LogP contribution in [0.1, 0.15) is 45.4 Å². The number of Topliss-reactive ketones (excluding diaryl/α,β-unsaturated/α-hetero) is 1. The van der Waals surface area contributed by atoms with Gasteiger partial charge in [-0.05, 0) is 25.3 Å². The predicted molar refractivity (Wildman–Crippen MR) is 77.6 cm³/mol. The first-order valence-electron chi connectivity index (χ1n) is 6.37. The Balaban J connectivity index is 3.49. The Kier molecular flexibility index (Phi) is 11.8. The van der Waals surface area contributed by atoms with Crippen molar-refractivity contribution < 1.29 is 4.79 Å². The van der Waals surface area contributed by atoms with Crippen molar-refractivity contribution in [1.82, 2.24) is 0 Å². The Hall–Kier alpha value is -1.86. The van der Waals surface area contributed by atoms with Crippen LogP contribution in [-0.4, -0.2) is 5.78 Å². The third kappa shape index (κ3) is 12.2. The summed E-state index contributed by atoms with van der Waals surface area (Å²) >= 11 is 0. The molecule has 0 saturated carbocycles. The molecule has 94 valence electrons. The molecule has 0 unspecified atom stereocenters. The molecular weight excluding hydrogens is 220 g/mol. The number of ketones is 1. The minimum Gasteiger partial charge on any atom is -0.244 e. The highest BCUT2D eigenvalue weighted by molar-refractivity contribution is 5.86. The number of terminal acetylenes is 1. The highest BCUT2D eigenvalue weighted by Crippen LogP contribution is 2.00. The first kappa shape index (κ1) is 16.1. The number of rotatable bonds is 8. The SMILES string of the molecule is C#CCC/C=C/C=C/C#CCCCCC(=O)[CH+]C. The molecule has 1 heteroatoms. The molecule has 1 nitrogen and oxygen atoms in total. The van der Waals surface area contributed by atoms with Crippen LogP contribution in [0.5, 0.6) is 0 Å². The number of unbranched alkanes of at least 4 members (excludes halogenated alkanes) is 3. The molecule has 0 radical (unpaired) electrons. The van der Waals surface area contributed by atoms with E-state index in [1.165, 1.54) is 0 Å². The summed E-state index contributed by atoms with van der Waals surface area (Å²) in [7, 11) is 0. The fourth-order valence-electron chi connectivity index (χ4n) is 1.23. The zero-order valence-electron chi connectivity index (χ0n) is 11.1. The Morgan fingerprint density at radius 2 is 2.11 bits per heavy atom. The fraction of sp³-hybridized carbons (Fsp3) is 0.412. The van der Waals surface area contributed by atoms with Gasteiger partial charge in [0.1, 0.15) is 6.42 Å². The molecule has 0 atom stereocenters. The van der Waals surface area contributed by atoms with E-state index in [0.717, 1.165) is 32.1 Å². The molecule has 0 saturated heterocycles. The van der Waals surface area contributed by atoms with E-state index in [9.17, 15) is 4.79 Å². The second kappa shape index (κ2) is 13.2. The third-order valence-electron chi connectivity index (χ3n) is 2.28. The van der Waals surface area contributed by atoms with Crippen molar-refractivity contribution >= 4 is 5.78 Å². The second-order valence-electron chi connectivity index (χ2n) is 3.81. The summed E-state index contributed by atoms with van der Waals surface area (Å²) in [4.78, 5) is 11.0. The predicted octanol–water partition coefficient (Wildman–Crippen LogP) is 3.87. The molecule has 0 rings (SSSR count). The first-order chi connectivity index (χ1) is 8.81. The zero-order chi connectivity index (χ0) is 13.5. The maximum Gasteiger partial charge on any atom is 0.305 e. The highest BCUT2D eigenvalue weighted by Gasteiger charge is 2.04. The summed E-state index contributed by atoms with van der Waals surface area (Å²) in [5, 5.41) is 0. The van der Waals surface area contributed by atoms with E-state index in [0.29, 0.717) is 6.42 Å². The zero-order valence-corrected chi connectivity index (χ0v) is 11.1. The lowest BCUT2D eigenvalue weighted by atomic mass is 10.1. The number of hydrogen-bond acceptors (Lipinski definition) is 1. The van der Waals surface area contributed by atoms with Crippen molar-refractivity contribution in [3.8, 4) is 24.2 Å². The van der Waals surface area contributed by atoms with Gasteiger partial charge in [-0.1, -0.05) is 30.1 Å². The van der Waals surface area contributed by atoms with Crippen LogP contribution in [-0.2, 0) is 4.79 Å². The molecule has 0 aromatic heterocycles. The van der Waals surface area contributed by atoms with Gasteiger partial charge in [0, 0.05) is 12.8 Å². The van der Waals surface area contributed by atoms with Gasteiger partial charge in [0.2, 0.25) is 0 Å². The minimum atomic E-state index is 0.222. The lowest BCUT2D eigenvalue weighted by molar-refractivity contribution is -0.115. The maximum atomic E-state index is 11.0. The average Bonchev–Trinajstić information content (AvgIpc) is 2.39. The topological polar surface area (TPSA) is 17.1 Å². The van der Waals surface area contributed by atoms with E-state index in [-0.39, 0.29) is 5.78 Å². The highest BCUT2D eigenvalue weighted by atomic mass is 16.1. The van der Waals surface area contributed by atoms with Gasteiger partial charge in [0.05, 0.1) is 13.3 Å². The van der Waals surface area contributed by atoms with Gasteiger partial charge in [-0.15, -0.1) is 12.3 Å². The number of allylic oxidation sites excluding steroid dienone is 4. The van der Waals surface area contributed by atoms with Gasteiger partial charge in [0.25, 0.3) is 0 Å². The van der Waals surface area contributed by atoms with Crippen molar-refractivity contribution in [2.75, 3.05) is 0 Å². The molecule has 0 bridgehead atoms. The molecule has 0 spiro atoms. The van der Waals surface area contributed by atoms with Crippen molar-refractivity contribution in [3.05, 3.63) is 30.7 Å². The van der Waals surface area contributed by atoms with E-state index in [1.54, 1.807) is 13.3 Å². The van der Waals surface area contributed by atoms with Gasteiger partial charge >= 0.3 is 5.78 Å². The molecule has 0 N–H and O–H groups in total. The van der Waals surface area contributed by atoms with Crippen LogP contribution < -0.4 is 0 Å². The Morgan fingerprint density at radius 3 is 2.83 bits per heavy atom. The molecular formula is C17H21O+. The molecule has 0 aliphatic rings. The molecule has 0 aliphatic carbocycles. The lowest BCUT2D eigenvalue weighted by Crippen LogP contribution is -1.94. The molecule has 0 heterocycles.